The Morgan fingerprint density at radius 2 is 1.93 bits per heavy atom. The SMILES string of the molecule is CCNCCNCc1cc(Cl)cc(Br)c1. The van der Waals surface area contributed by atoms with Gasteiger partial charge in [-0.15, -0.1) is 0 Å². The second-order valence-electron chi connectivity index (χ2n) is 3.31. The maximum Gasteiger partial charge on any atom is 0.0420 e. The maximum atomic E-state index is 5.94. The zero-order valence-electron chi connectivity index (χ0n) is 8.82. The van der Waals surface area contributed by atoms with Gasteiger partial charge in [-0.3, -0.25) is 0 Å². The molecule has 0 aliphatic heterocycles. The van der Waals surface area contributed by atoms with Crippen LogP contribution in [0.5, 0.6) is 0 Å². The molecule has 0 saturated heterocycles. The Morgan fingerprint density at radius 3 is 2.60 bits per heavy atom. The molecular weight excluding hydrogens is 275 g/mol. The monoisotopic (exact) mass is 290 g/mol. The highest BCUT2D eigenvalue weighted by atomic mass is 79.9. The van der Waals surface area contributed by atoms with Crippen LogP contribution in [0.4, 0.5) is 0 Å². The van der Waals surface area contributed by atoms with Crippen molar-refractivity contribution in [2.45, 2.75) is 13.5 Å². The predicted molar refractivity (Wildman–Crippen MR) is 69.4 cm³/mol. The molecule has 15 heavy (non-hydrogen) atoms. The Bertz CT molecular complexity index is 284. The highest BCUT2D eigenvalue weighted by Crippen LogP contribution is 2.19. The van der Waals surface area contributed by atoms with Crippen LogP contribution in [0.3, 0.4) is 0 Å². The van der Waals surface area contributed by atoms with E-state index in [1.165, 1.54) is 5.56 Å². The first-order valence-corrected chi connectivity index (χ1v) is 6.26. The summed E-state index contributed by atoms with van der Waals surface area (Å²) in [5.41, 5.74) is 1.20. The lowest BCUT2D eigenvalue weighted by molar-refractivity contribution is 0.625. The lowest BCUT2D eigenvalue weighted by Crippen LogP contribution is -2.26. The van der Waals surface area contributed by atoms with Gasteiger partial charge in [-0.05, 0) is 30.3 Å². The summed E-state index contributed by atoms with van der Waals surface area (Å²) >= 11 is 9.36. The minimum atomic E-state index is 0.771. The largest absolute Gasteiger partial charge is 0.316 e. The number of hydrogen-bond donors (Lipinski definition) is 2. The molecule has 0 radical (unpaired) electrons. The van der Waals surface area contributed by atoms with Crippen molar-refractivity contribution in [1.29, 1.82) is 0 Å². The summed E-state index contributed by atoms with van der Waals surface area (Å²) in [5, 5.41) is 7.38. The van der Waals surface area contributed by atoms with Gasteiger partial charge in [0.2, 0.25) is 0 Å². The number of likely N-dealkylation sites (N-methyl/N-ethyl adjacent to an activating group) is 1. The molecule has 4 heteroatoms. The molecule has 0 spiro atoms. The second-order valence-corrected chi connectivity index (χ2v) is 4.66. The zero-order valence-corrected chi connectivity index (χ0v) is 11.2. The van der Waals surface area contributed by atoms with Crippen molar-refractivity contribution in [2.24, 2.45) is 0 Å². The number of benzene rings is 1. The highest BCUT2D eigenvalue weighted by Gasteiger charge is 1.97. The van der Waals surface area contributed by atoms with Crippen LogP contribution in [0, 0.1) is 0 Å². The molecule has 1 aromatic rings. The second kappa shape index (κ2) is 7.23. The van der Waals surface area contributed by atoms with E-state index in [9.17, 15) is 0 Å². The smallest absolute Gasteiger partial charge is 0.0420 e. The Balaban J connectivity index is 2.31. The molecule has 0 amide bonds. The molecule has 84 valence electrons. The van der Waals surface area contributed by atoms with Crippen LogP contribution >= 0.6 is 27.5 Å². The van der Waals surface area contributed by atoms with Gasteiger partial charge in [-0.25, -0.2) is 0 Å². The average Bonchev–Trinajstić information content (AvgIpc) is 2.16. The Kier molecular flexibility index (Phi) is 6.25. The quantitative estimate of drug-likeness (QED) is 0.788. The van der Waals surface area contributed by atoms with Crippen molar-refractivity contribution >= 4 is 27.5 Å². The highest BCUT2D eigenvalue weighted by molar-refractivity contribution is 9.10. The van der Waals surface area contributed by atoms with Crippen molar-refractivity contribution in [3.05, 3.63) is 33.3 Å². The van der Waals surface area contributed by atoms with Crippen LogP contribution in [-0.2, 0) is 6.54 Å². The molecule has 0 unspecified atom stereocenters. The fourth-order valence-electron chi connectivity index (χ4n) is 1.30. The minimum Gasteiger partial charge on any atom is -0.316 e. The normalized spacial score (nSPS) is 10.6. The molecule has 0 fully saturated rings. The van der Waals surface area contributed by atoms with Crippen LogP contribution in [0.25, 0.3) is 0 Å². The minimum absolute atomic E-state index is 0.771. The number of nitrogens with one attached hydrogen (secondary N) is 2. The first-order chi connectivity index (χ1) is 7.22. The van der Waals surface area contributed by atoms with Gasteiger partial charge < -0.3 is 10.6 Å². The van der Waals surface area contributed by atoms with Crippen LogP contribution in [0.2, 0.25) is 5.02 Å². The van der Waals surface area contributed by atoms with Crippen molar-refractivity contribution in [1.82, 2.24) is 10.6 Å². The maximum absolute atomic E-state index is 5.94. The average molecular weight is 292 g/mol. The Labute approximate surface area is 105 Å². The van der Waals surface area contributed by atoms with E-state index in [2.05, 4.69) is 39.6 Å². The summed E-state index contributed by atoms with van der Waals surface area (Å²) in [5.74, 6) is 0. The summed E-state index contributed by atoms with van der Waals surface area (Å²) in [6, 6.07) is 5.95. The molecular formula is C11H16BrClN2. The third-order valence-corrected chi connectivity index (χ3v) is 2.66. The molecule has 0 aromatic heterocycles. The van der Waals surface area contributed by atoms with Gasteiger partial charge in [0.05, 0.1) is 0 Å². The van der Waals surface area contributed by atoms with Gasteiger partial charge >= 0.3 is 0 Å². The van der Waals surface area contributed by atoms with E-state index in [1.54, 1.807) is 0 Å². The van der Waals surface area contributed by atoms with Crippen molar-refractivity contribution in [3.63, 3.8) is 0 Å². The zero-order chi connectivity index (χ0) is 11.1. The lowest BCUT2D eigenvalue weighted by Gasteiger charge is -2.06. The number of halogens is 2. The molecule has 1 aromatic carbocycles. The molecule has 2 nitrogen and oxygen atoms in total. The molecule has 0 atom stereocenters. The van der Waals surface area contributed by atoms with Gasteiger partial charge in [0.1, 0.15) is 0 Å². The van der Waals surface area contributed by atoms with E-state index in [0.29, 0.717) is 0 Å². The van der Waals surface area contributed by atoms with Gasteiger partial charge in [-0.1, -0.05) is 34.5 Å². The standard InChI is InChI=1S/C11H16BrClN2/c1-2-14-3-4-15-8-9-5-10(12)7-11(13)6-9/h5-7,14-15H,2-4,8H2,1H3. The molecule has 0 aliphatic carbocycles. The Morgan fingerprint density at radius 1 is 1.20 bits per heavy atom. The molecule has 0 bridgehead atoms. The van der Waals surface area contributed by atoms with E-state index in [4.69, 9.17) is 11.6 Å². The number of hydrogen-bond acceptors (Lipinski definition) is 2. The molecule has 2 N–H and O–H groups in total. The van der Waals surface area contributed by atoms with E-state index < -0.39 is 0 Å². The fraction of sp³-hybridized carbons (Fsp3) is 0.455. The van der Waals surface area contributed by atoms with E-state index in [-0.39, 0.29) is 0 Å². The van der Waals surface area contributed by atoms with Crippen molar-refractivity contribution < 1.29 is 0 Å². The molecule has 0 heterocycles. The molecule has 1 rings (SSSR count). The summed E-state index contributed by atoms with van der Waals surface area (Å²) in [7, 11) is 0. The lowest BCUT2D eigenvalue weighted by atomic mass is 10.2. The first kappa shape index (κ1) is 13.0. The fourth-order valence-corrected chi connectivity index (χ4v) is 2.23. The third kappa shape index (κ3) is 5.52. The third-order valence-electron chi connectivity index (χ3n) is 1.98. The van der Waals surface area contributed by atoms with Gasteiger partial charge in [-0.2, -0.15) is 0 Å². The Hall–Kier alpha value is -0.0900. The van der Waals surface area contributed by atoms with Gasteiger partial charge in [0.15, 0.2) is 0 Å². The van der Waals surface area contributed by atoms with Gasteiger partial charge in [0, 0.05) is 29.1 Å². The first-order valence-electron chi connectivity index (χ1n) is 5.08. The topological polar surface area (TPSA) is 24.1 Å². The molecule has 0 aliphatic rings. The summed E-state index contributed by atoms with van der Waals surface area (Å²) in [4.78, 5) is 0. The predicted octanol–water partition coefficient (Wildman–Crippen LogP) is 2.80. The van der Waals surface area contributed by atoms with Crippen LogP contribution in [0.1, 0.15) is 12.5 Å². The molecule has 0 saturated carbocycles. The van der Waals surface area contributed by atoms with Crippen LogP contribution < -0.4 is 10.6 Å². The van der Waals surface area contributed by atoms with Crippen LogP contribution in [-0.4, -0.2) is 19.6 Å². The summed E-state index contributed by atoms with van der Waals surface area (Å²) in [6.07, 6.45) is 0. The van der Waals surface area contributed by atoms with E-state index in [0.717, 1.165) is 35.7 Å². The van der Waals surface area contributed by atoms with E-state index in [1.807, 2.05) is 12.1 Å². The van der Waals surface area contributed by atoms with Crippen molar-refractivity contribution in [2.75, 3.05) is 19.6 Å². The summed E-state index contributed by atoms with van der Waals surface area (Å²) < 4.78 is 1.03. The van der Waals surface area contributed by atoms with Crippen LogP contribution in [0.15, 0.2) is 22.7 Å². The van der Waals surface area contributed by atoms with Crippen molar-refractivity contribution in [3.8, 4) is 0 Å². The summed E-state index contributed by atoms with van der Waals surface area (Å²) in [6.45, 7) is 5.94. The van der Waals surface area contributed by atoms with E-state index >= 15 is 0 Å². The number of rotatable bonds is 6. The van der Waals surface area contributed by atoms with Gasteiger partial charge in [0.25, 0.3) is 0 Å².